The molecule has 7 heteroatoms. The number of para-hydroxylation sites is 2. The van der Waals surface area contributed by atoms with Gasteiger partial charge in [0, 0.05) is 4.47 Å². The predicted molar refractivity (Wildman–Crippen MR) is 114 cm³/mol. The second-order valence-corrected chi connectivity index (χ2v) is 6.86. The van der Waals surface area contributed by atoms with E-state index in [-0.39, 0.29) is 6.61 Å². The molecule has 0 spiro atoms. The smallest absolute Gasteiger partial charge is 0.344 e. The Hall–Kier alpha value is -3.32. The lowest BCUT2D eigenvalue weighted by molar-refractivity contribution is -0.150. The summed E-state index contributed by atoms with van der Waals surface area (Å²) in [7, 11) is 0. The number of carbonyl (C=O) groups excluding carboxylic acids is 2. The van der Waals surface area contributed by atoms with Gasteiger partial charge in [-0.1, -0.05) is 58.4 Å². The first-order valence-corrected chi connectivity index (χ1v) is 9.65. The van der Waals surface area contributed by atoms with Crippen LogP contribution in [-0.4, -0.2) is 25.1 Å². The highest BCUT2D eigenvalue weighted by Gasteiger charge is 2.14. The van der Waals surface area contributed by atoms with Gasteiger partial charge in [0.05, 0.1) is 11.4 Å². The van der Waals surface area contributed by atoms with Crippen molar-refractivity contribution in [1.29, 1.82) is 0 Å². The second-order valence-electron chi connectivity index (χ2n) is 5.95. The minimum absolute atomic E-state index is 0.287. The minimum atomic E-state index is -0.633. The van der Waals surface area contributed by atoms with Crippen LogP contribution in [0.4, 0.5) is 11.4 Å². The van der Waals surface area contributed by atoms with Crippen molar-refractivity contribution in [3.8, 4) is 5.75 Å². The minimum Gasteiger partial charge on any atom is -0.482 e. The van der Waals surface area contributed by atoms with Gasteiger partial charge in [-0.05, 0) is 42.5 Å². The van der Waals surface area contributed by atoms with Crippen LogP contribution in [0.5, 0.6) is 5.75 Å². The fourth-order valence-electron chi connectivity index (χ4n) is 2.48. The fourth-order valence-corrected chi connectivity index (χ4v) is 2.85. The monoisotopic (exact) mass is 454 g/mol. The number of nitrogens with zero attached hydrogens (tertiary/aromatic N) is 1. The van der Waals surface area contributed by atoms with Gasteiger partial charge in [0.15, 0.2) is 13.2 Å². The van der Waals surface area contributed by atoms with Crippen molar-refractivity contribution in [3.05, 3.63) is 89.4 Å². The third kappa shape index (κ3) is 6.36. The highest BCUT2D eigenvalue weighted by atomic mass is 79.9. The zero-order chi connectivity index (χ0) is 20.5. The van der Waals surface area contributed by atoms with Gasteiger partial charge >= 0.3 is 5.97 Å². The molecule has 148 valence electrons. The molecule has 0 fully saturated rings. The predicted octanol–water partition coefficient (Wildman–Crippen LogP) is 4.24. The van der Waals surface area contributed by atoms with Crippen molar-refractivity contribution < 1.29 is 19.1 Å². The molecule has 0 bridgehead atoms. The van der Waals surface area contributed by atoms with E-state index in [2.05, 4.69) is 21.4 Å². The number of ether oxygens (including phenoxy) is 2. The van der Waals surface area contributed by atoms with E-state index < -0.39 is 18.5 Å². The van der Waals surface area contributed by atoms with Gasteiger partial charge in [0.2, 0.25) is 0 Å². The van der Waals surface area contributed by atoms with Crippen LogP contribution in [-0.2, 0) is 14.3 Å². The van der Waals surface area contributed by atoms with E-state index in [4.69, 9.17) is 9.47 Å². The number of benzene rings is 3. The largest absolute Gasteiger partial charge is 0.482 e. The van der Waals surface area contributed by atoms with Crippen LogP contribution in [0.25, 0.3) is 0 Å². The summed E-state index contributed by atoms with van der Waals surface area (Å²) in [5, 5.41) is 1.63. The molecule has 0 aliphatic heterocycles. The number of rotatable bonds is 8. The average molecular weight is 455 g/mol. The molecule has 0 atom stereocenters. The number of anilines is 2. The van der Waals surface area contributed by atoms with E-state index in [1.807, 2.05) is 66.7 Å². The fraction of sp³-hybridized carbons (Fsp3) is 0.0909. The highest BCUT2D eigenvalue weighted by molar-refractivity contribution is 9.10. The van der Waals surface area contributed by atoms with Crippen molar-refractivity contribution >= 4 is 39.2 Å². The number of hydrogen-bond donors (Lipinski definition) is 1. The van der Waals surface area contributed by atoms with Gasteiger partial charge in [-0.25, -0.2) is 4.79 Å². The summed E-state index contributed by atoms with van der Waals surface area (Å²) in [4.78, 5) is 24.2. The maximum Gasteiger partial charge on any atom is 0.344 e. The Kier molecular flexibility index (Phi) is 7.24. The lowest BCUT2D eigenvalue weighted by Gasteiger charge is -2.25. The van der Waals surface area contributed by atoms with E-state index in [9.17, 15) is 9.59 Å². The van der Waals surface area contributed by atoms with Crippen molar-refractivity contribution in [3.63, 3.8) is 0 Å². The lowest BCUT2D eigenvalue weighted by atomic mass is 10.2. The molecule has 0 saturated heterocycles. The zero-order valence-corrected chi connectivity index (χ0v) is 17.0. The van der Waals surface area contributed by atoms with E-state index in [1.165, 1.54) is 0 Å². The van der Waals surface area contributed by atoms with Crippen molar-refractivity contribution in [1.82, 2.24) is 5.43 Å². The molecule has 3 rings (SSSR count). The molecule has 3 aromatic carbocycles. The summed E-state index contributed by atoms with van der Waals surface area (Å²) in [5.41, 5.74) is 4.31. The zero-order valence-electron chi connectivity index (χ0n) is 15.5. The maximum absolute atomic E-state index is 12.3. The molecule has 1 amide bonds. The van der Waals surface area contributed by atoms with Crippen LogP contribution in [0.1, 0.15) is 0 Å². The molecule has 0 aliphatic carbocycles. The molecule has 6 nitrogen and oxygen atoms in total. The third-order valence-corrected chi connectivity index (χ3v) is 4.28. The Balaban J connectivity index is 1.54. The summed E-state index contributed by atoms with van der Waals surface area (Å²) in [5.74, 6) is -0.570. The molecule has 0 saturated carbocycles. The van der Waals surface area contributed by atoms with Crippen LogP contribution in [0.2, 0.25) is 0 Å². The first kappa shape index (κ1) is 20.4. The van der Waals surface area contributed by atoms with E-state index in [0.29, 0.717) is 5.75 Å². The van der Waals surface area contributed by atoms with E-state index in [0.717, 1.165) is 15.8 Å². The summed E-state index contributed by atoms with van der Waals surface area (Å²) >= 11 is 3.33. The molecule has 0 aromatic heterocycles. The van der Waals surface area contributed by atoms with Gasteiger partial charge < -0.3 is 9.47 Å². The molecule has 0 radical (unpaired) electrons. The Morgan fingerprint density at radius 1 is 0.828 bits per heavy atom. The van der Waals surface area contributed by atoms with Crippen molar-refractivity contribution in [2.45, 2.75) is 0 Å². The van der Waals surface area contributed by atoms with Crippen molar-refractivity contribution in [2.24, 2.45) is 0 Å². The van der Waals surface area contributed by atoms with Crippen LogP contribution >= 0.6 is 15.9 Å². The summed E-state index contributed by atoms with van der Waals surface area (Å²) in [6, 6.07) is 25.8. The molecule has 1 N–H and O–H groups in total. The summed E-state index contributed by atoms with van der Waals surface area (Å²) in [6.45, 7) is -0.707. The molecular weight excluding hydrogens is 436 g/mol. The number of esters is 1. The topological polar surface area (TPSA) is 67.9 Å². The first-order valence-electron chi connectivity index (χ1n) is 8.85. The number of nitrogens with one attached hydrogen (secondary N) is 1. The Labute approximate surface area is 177 Å². The number of amides is 1. The number of hydrazine groups is 1. The van der Waals surface area contributed by atoms with Crippen LogP contribution in [0.3, 0.4) is 0 Å². The van der Waals surface area contributed by atoms with Gasteiger partial charge in [-0.2, -0.15) is 0 Å². The lowest BCUT2D eigenvalue weighted by Crippen LogP contribution is -2.41. The molecule has 29 heavy (non-hydrogen) atoms. The van der Waals surface area contributed by atoms with Gasteiger partial charge in [0.1, 0.15) is 5.75 Å². The SMILES string of the molecule is O=C(COC(=O)COc1cccc(Br)c1)NN(c1ccccc1)c1ccccc1. The highest BCUT2D eigenvalue weighted by Crippen LogP contribution is 2.22. The molecule has 3 aromatic rings. The molecular formula is C22H19BrN2O4. The number of hydrogen-bond acceptors (Lipinski definition) is 5. The third-order valence-electron chi connectivity index (χ3n) is 3.78. The Morgan fingerprint density at radius 2 is 1.45 bits per heavy atom. The van der Waals surface area contributed by atoms with Gasteiger partial charge in [-0.15, -0.1) is 0 Å². The Bertz CT molecular complexity index is 912. The Morgan fingerprint density at radius 3 is 2.03 bits per heavy atom. The number of halogens is 1. The molecule has 0 aliphatic rings. The quantitative estimate of drug-likeness (QED) is 0.407. The number of carbonyl (C=O) groups is 2. The van der Waals surface area contributed by atoms with Crippen LogP contribution < -0.4 is 15.2 Å². The van der Waals surface area contributed by atoms with E-state index in [1.54, 1.807) is 23.2 Å². The van der Waals surface area contributed by atoms with E-state index >= 15 is 0 Å². The second kappa shape index (κ2) is 10.3. The summed E-state index contributed by atoms with van der Waals surface area (Å²) in [6.07, 6.45) is 0. The first-order chi connectivity index (χ1) is 14.1. The standard InChI is InChI=1S/C22H19BrN2O4/c23-17-8-7-13-20(14-17)28-16-22(27)29-15-21(26)24-25(18-9-3-1-4-10-18)19-11-5-2-6-12-19/h1-14H,15-16H2,(H,24,26). The molecule has 0 unspecified atom stereocenters. The van der Waals surface area contributed by atoms with Crippen LogP contribution in [0.15, 0.2) is 89.4 Å². The van der Waals surface area contributed by atoms with Crippen LogP contribution in [0, 0.1) is 0 Å². The van der Waals surface area contributed by atoms with Gasteiger partial charge in [-0.3, -0.25) is 15.2 Å². The normalized spacial score (nSPS) is 10.1. The van der Waals surface area contributed by atoms with Gasteiger partial charge in [0.25, 0.3) is 5.91 Å². The maximum atomic E-state index is 12.3. The van der Waals surface area contributed by atoms with Crippen molar-refractivity contribution in [2.75, 3.05) is 18.2 Å². The summed E-state index contributed by atoms with van der Waals surface area (Å²) < 4.78 is 11.2. The average Bonchev–Trinajstić information content (AvgIpc) is 2.76. The molecule has 0 heterocycles.